The minimum Gasteiger partial charge on any atom is -0.342 e. The van der Waals surface area contributed by atoms with Crippen LogP contribution < -0.4 is 5.32 Å². The highest BCUT2D eigenvalue weighted by Gasteiger charge is 2.13. The maximum absolute atomic E-state index is 12.0. The zero-order valence-electron chi connectivity index (χ0n) is 9.31. The van der Waals surface area contributed by atoms with Crippen LogP contribution in [0.25, 0.3) is 0 Å². The van der Waals surface area contributed by atoms with Crippen molar-refractivity contribution in [2.75, 3.05) is 5.32 Å². The van der Waals surface area contributed by atoms with E-state index in [0.29, 0.717) is 10.8 Å². The fraction of sp³-hybridized carbons (Fsp3) is 0.273. The van der Waals surface area contributed by atoms with Crippen molar-refractivity contribution in [3.63, 3.8) is 0 Å². The molecule has 0 aliphatic rings. The van der Waals surface area contributed by atoms with Gasteiger partial charge in [-0.05, 0) is 28.4 Å². The molecule has 0 radical (unpaired) electrons. The second kappa shape index (κ2) is 5.46. The Morgan fingerprint density at radius 2 is 2.47 bits per heavy atom. The average molecular weight is 314 g/mol. The van der Waals surface area contributed by atoms with Crippen LogP contribution in [0.15, 0.2) is 28.3 Å². The summed E-state index contributed by atoms with van der Waals surface area (Å²) in [5.41, 5.74) is 0.647. The van der Waals surface area contributed by atoms with Gasteiger partial charge in [-0.1, -0.05) is 6.92 Å². The Kier molecular flexibility index (Phi) is 3.96. The molecule has 6 heteroatoms. The molecule has 0 saturated heterocycles. The van der Waals surface area contributed by atoms with E-state index in [4.69, 9.17) is 0 Å². The van der Waals surface area contributed by atoms with Crippen LogP contribution in [0, 0.1) is 0 Å². The van der Waals surface area contributed by atoms with Crippen LogP contribution in [0.3, 0.4) is 0 Å². The number of halogens is 1. The predicted octanol–water partition coefficient (Wildman–Crippen LogP) is 3.37. The monoisotopic (exact) mass is 313 g/mol. The molecule has 4 nitrogen and oxygen atoms in total. The van der Waals surface area contributed by atoms with E-state index in [1.165, 1.54) is 11.3 Å². The number of rotatable bonds is 4. The Hall–Kier alpha value is -1.14. The van der Waals surface area contributed by atoms with Gasteiger partial charge in [-0.15, -0.1) is 11.3 Å². The molecule has 0 saturated carbocycles. The van der Waals surface area contributed by atoms with Crippen molar-refractivity contribution in [2.45, 2.75) is 19.9 Å². The molecule has 0 unspecified atom stereocenters. The first-order valence-electron chi connectivity index (χ1n) is 5.27. The molecule has 0 aliphatic carbocycles. The molecule has 0 aliphatic heterocycles. The fourth-order valence-corrected chi connectivity index (χ4v) is 2.53. The van der Waals surface area contributed by atoms with Crippen molar-refractivity contribution in [3.8, 4) is 0 Å². The number of carbonyl (C=O) groups is 1. The predicted molar refractivity (Wildman–Crippen MR) is 72.5 cm³/mol. The van der Waals surface area contributed by atoms with Crippen LogP contribution in [0.4, 0.5) is 5.13 Å². The normalized spacial score (nSPS) is 10.5. The van der Waals surface area contributed by atoms with Gasteiger partial charge in [0.25, 0.3) is 5.91 Å². The maximum Gasteiger partial charge on any atom is 0.274 e. The quantitative estimate of drug-likeness (QED) is 0.940. The third kappa shape index (κ3) is 2.95. The number of nitrogens with one attached hydrogen (secondary N) is 1. The van der Waals surface area contributed by atoms with E-state index in [1.54, 1.807) is 6.20 Å². The van der Waals surface area contributed by atoms with Gasteiger partial charge in [-0.25, -0.2) is 4.98 Å². The molecule has 2 rings (SSSR count). The molecule has 1 amide bonds. The highest BCUT2D eigenvalue weighted by atomic mass is 79.9. The van der Waals surface area contributed by atoms with E-state index >= 15 is 0 Å². The molecular weight excluding hydrogens is 302 g/mol. The number of aromatic nitrogens is 2. The van der Waals surface area contributed by atoms with Crippen molar-refractivity contribution in [1.29, 1.82) is 0 Å². The van der Waals surface area contributed by atoms with Gasteiger partial charge in [0, 0.05) is 28.8 Å². The molecule has 0 fully saturated rings. The molecule has 0 atom stereocenters. The lowest BCUT2D eigenvalue weighted by Gasteiger charge is -2.06. The smallest absolute Gasteiger partial charge is 0.274 e. The molecule has 1 N–H and O–H groups in total. The number of amides is 1. The summed E-state index contributed by atoms with van der Waals surface area (Å²) in [5.74, 6) is -0.126. The zero-order chi connectivity index (χ0) is 12.3. The third-order valence-corrected chi connectivity index (χ3v) is 3.34. The largest absolute Gasteiger partial charge is 0.342 e. The SMILES string of the molecule is CCCn1cc(Br)cc1C(=O)Nc1nccs1. The van der Waals surface area contributed by atoms with Gasteiger partial charge in [-0.3, -0.25) is 10.1 Å². The summed E-state index contributed by atoms with van der Waals surface area (Å²) in [5, 5.41) is 5.23. The van der Waals surface area contributed by atoms with Gasteiger partial charge in [0.05, 0.1) is 0 Å². The number of hydrogen-bond donors (Lipinski definition) is 1. The van der Waals surface area contributed by atoms with E-state index in [1.807, 2.05) is 22.2 Å². The summed E-state index contributed by atoms with van der Waals surface area (Å²) in [4.78, 5) is 16.1. The van der Waals surface area contributed by atoms with Crippen molar-refractivity contribution >= 4 is 38.3 Å². The van der Waals surface area contributed by atoms with Gasteiger partial charge in [0.1, 0.15) is 5.69 Å². The second-order valence-corrected chi connectivity index (χ2v) is 5.34. The number of nitrogens with zero attached hydrogens (tertiary/aromatic N) is 2. The van der Waals surface area contributed by atoms with E-state index in [9.17, 15) is 4.79 Å². The summed E-state index contributed by atoms with van der Waals surface area (Å²) in [6, 6.07) is 1.82. The van der Waals surface area contributed by atoms with Gasteiger partial charge < -0.3 is 4.57 Å². The van der Waals surface area contributed by atoms with Gasteiger partial charge >= 0.3 is 0 Å². The van der Waals surface area contributed by atoms with Gasteiger partial charge in [0.15, 0.2) is 5.13 Å². The Balaban J connectivity index is 2.18. The first-order valence-corrected chi connectivity index (χ1v) is 6.94. The van der Waals surface area contributed by atoms with Crippen LogP contribution in [0.5, 0.6) is 0 Å². The lowest BCUT2D eigenvalue weighted by atomic mass is 10.4. The Labute approximate surface area is 112 Å². The fourth-order valence-electron chi connectivity index (χ4n) is 1.54. The van der Waals surface area contributed by atoms with Crippen molar-refractivity contribution in [3.05, 3.63) is 34.0 Å². The van der Waals surface area contributed by atoms with Crippen LogP contribution in [-0.2, 0) is 6.54 Å². The first-order chi connectivity index (χ1) is 8.20. The third-order valence-electron chi connectivity index (χ3n) is 2.21. The Bertz CT molecular complexity index is 507. The molecule has 90 valence electrons. The minimum absolute atomic E-state index is 0.126. The van der Waals surface area contributed by atoms with Crippen LogP contribution >= 0.6 is 27.3 Å². The van der Waals surface area contributed by atoms with E-state index in [-0.39, 0.29) is 5.91 Å². The first kappa shape index (κ1) is 12.3. The van der Waals surface area contributed by atoms with Gasteiger partial charge in [-0.2, -0.15) is 0 Å². The van der Waals surface area contributed by atoms with E-state index in [0.717, 1.165) is 17.4 Å². The summed E-state index contributed by atoms with van der Waals surface area (Å²) in [6.45, 7) is 2.91. The standard InChI is InChI=1S/C11H12BrN3OS/c1-2-4-15-7-8(12)6-9(15)10(16)14-11-13-3-5-17-11/h3,5-7H,2,4H2,1H3,(H,13,14,16). The summed E-state index contributed by atoms with van der Waals surface area (Å²) < 4.78 is 2.85. The molecule has 2 aromatic rings. The number of aryl methyl sites for hydroxylation is 1. The zero-order valence-corrected chi connectivity index (χ0v) is 11.7. The lowest BCUT2D eigenvalue weighted by Crippen LogP contribution is -2.16. The van der Waals surface area contributed by atoms with E-state index in [2.05, 4.69) is 33.2 Å². The number of hydrogen-bond acceptors (Lipinski definition) is 3. The molecule has 0 bridgehead atoms. The van der Waals surface area contributed by atoms with Crippen LogP contribution in [-0.4, -0.2) is 15.5 Å². The molecule has 0 spiro atoms. The van der Waals surface area contributed by atoms with Crippen molar-refractivity contribution in [1.82, 2.24) is 9.55 Å². The Morgan fingerprint density at radius 1 is 1.65 bits per heavy atom. The summed E-state index contributed by atoms with van der Waals surface area (Å²) in [6.07, 6.45) is 4.57. The average Bonchev–Trinajstić information content (AvgIpc) is 2.88. The number of carbonyl (C=O) groups excluding carboxylic acids is 1. The molecule has 0 aromatic carbocycles. The lowest BCUT2D eigenvalue weighted by molar-refractivity contribution is 0.101. The van der Waals surface area contributed by atoms with E-state index < -0.39 is 0 Å². The van der Waals surface area contributed by atoms with Crippen molar-refractivity contribution < 1.29 is 4.79 Å². The topological polar surface area (TPSA) is 46.9 Å². The molecule has 17 heavy (non-hydrogen) atoms. The molecule has 2 aromatic heterocycles. The molecule has 2 heterocycles. The molecular formula is C11H12BrN3OS. The number of anilines is 1. The summed E-state index contributed by atoms with van der Waals surface area (Å²) >= 11 is 4.79. The maximum atomic E-state index is 12.0. The minimum atomic E-state index is -0.126. The van der Waals surface area contributed by atoms with Crippen molar-refractivity contribution in [2.24, 2.45) is 0 Å². The summed E-state index contributed by atoms with van der Waals surface area (Å²) in [7, 11) is 0. The highest BCUT2D eigenvalue weighted by Crippen LogP contribution is 2.18. The second-order valence-electron chi connectivity index (χ2n) is 3.53. The van der Waals surface area contributed by atoms with Gasteiger partial charge in [0.2, 0.25) is 0 Å². The Morgan fingerprint density at radius 3 is 3.12 bits per heavy atom. The highest BCUT2D eigenvalue weighted by molar-refractivity contribution is 9.10. The number of thiazole rings is 1. The van der Waals surface area contributed by atoms with Crippen LogP contribution in [0.2, 0.25) is 0 Å². The van der Waals surface area contributed by atoms with Crippen LogP contribution in [0.1, 0.15) is 23.8 Å².